The molecule has 8 rings (SSSR count). The van der Waals surface area contributed by atoms with Crippen molar-refractivity contribution in [3.8, 4) is 23.0 Å². The van der Waals surface area contributed by atoms with E-state index in [1.807, 2.05) is 0 Å². The minimum absolute atomic E-state index is 0.0133. The van der Waals surface area contributed by atoms with Gasteiger partial charge in [-0.25, -0.2) is 22.0 Å². The fourth-order valence-corrected chi connectivity index (χ4v) is 7.83. The van der Waals surface area contributed by atoms with Crippen molar-refractivity contribution in [1.82, 2.24) is 19.9 Å². The summed E-state index contributed by atoms with van der Waals surface area (Å²) < 4.78 is 118. The summed E-state index contributed by atoms with van der Waals surface area (Å²) in [5.74, 6) is -4.89. The van der Waals surface area contributed by atoms with E-state index in [9.17, 15) is 17.6 Å². The molecule has 5 heterocycles. The van der Waals surface area contributed by atoms with Gasteiger partial charge in [0.1, 0.15) is 35.9 Å². The highest BCUT2D eigenvalue weighted by Gasteiger charge is 2.56. The molecular weight excluding hydrogens is 626 g/mol. The third-order valence-corrected chi connectivity index (χ3v) is 9.99. The molecule has 1 saturated carbocycles. The molecule has 3 saturated heterocycles. The molecule has 0 radical (unpaired) electrons. The van der Waals surface area contributed by atoms with E-state index in [0.717, 1.165) is 12.5 Å². The number of rotatable bonds is 7. The molecule has 14 heteroatoms. The number of hydrogen-bond acceptors (Lipinski definition) is 8. The highest BCUT2D eigenvalue weighted by molar-refractivity contribution is 6.04. The first-order valence-electron chi connectivity index (χ1n) is 16.7. The summed E-state index contributed by atoms with van der Waals surface area (Å²) in [4.78, 5) is 16.6. The summed E-state index contributed by atoms with van der Waals surface area (Å²) in [5, 5.41) is -0.139. The first-order chi connectivity index (χ1) is 23.4. The zero-order chi connectivity index (χ0) is 34.4. The van der Waals surface area contributed by atoms with Crippen molar-refractivity contribution in [3.63, 3.8) is 0 Å². The van der Waals surface area contributed by atoms with Crippen LogP contribution in [-0.2, 0) is 0 Å². The van der Waals surface area contributed by atoms with Crippen molar-refractivity contribution in [1.29, 1.82) is 0 Å². The van der Waals surface area contributed by atoms with Crippen molar-refractivity contribution in [2.24, 2.45) is 5.92 Å². The van der Waals surface area contributed by atoms with E-state index in [-0.39, 0.29) is 57.6 Å². The number of halogens is 6. The molecule has 4 aliphatic rings. The quantitative estimate of drug-likeness (QED) is 0.179. The van der Waals surface area contributed by atoms with Gasteiger partial charge in [-0.3, -0.25) is 9.88 Å². The lowest BCUT2D eigenvalue weighted by Crippen LogP contribution is -2.43. The molecule has 0 unspecified atom stereocenters. The Hall–Kier alpha value is -4.07. The molecule has 4 aromatic rings. The van der Waals surface area contributed by atoms with Gasteiger partial charge in [-0.15, -0.1) is 0 Å². The van der Waals surface area contributed by atoms with Gasteiger partial charge in [-0.2, -0.15) is 14.4 Å². The second-order valence-electron chi connectivity index (χ2n) is 12.8. The summed E-state index contributed by atoms with van der Waals surface area (Å²) in [5.41, 5.74) is 3.84. The van der Waals surface area contributed by atoms with Crippen molar-refractivity contribution in [3.05, 3.63) is 41.8 Å². The van der Waals surface area contributed by atoms with Crippen molar-refractivity contribution in [2.75, 3.05) is 43.7 Å². The van der Waals surface area contributed by atoms with E-state index in [4.69, 9.17) is 17.9 Å². The smallest absolute Gasteiger partial charge is 0.319 e. The molecule has 1 aliphatic carbocycles. The normalized spacial score (nSPS) is 28.2. The topological polar surface area (TPSA) is 89.6 Å². The fraction of sp³-hybridized carbons (Fsp3) is 0.485. The number of benzene rings is 2. The second kappa shape index (κ2) is 11.3. The molecular formula is C33H32F6N6O2. The molecule has 2 aromatic heterocycles. The Bertz CT molecular complexity index is 1990. The molecule has 47 heavy (non-hydrogen) atoms. The van der Waals surface area contributed by atoms with Gasteiger partial charge in [-0.05, 0) is 55.8 Å². The van der Waals surface area contributed by atoms with Crippen molar-refractivity contribution >= 4 is 33.2 Å². The second-order valence-corrected chi connectivity index (χ2v) is 12.8. The van der Waals surface area contributed by atoms with Crippen LogP contribution in [0.1, 0.15) is 41.3 Å². The van der Waals surface area contributed by atoms with Gasteiger partial charge in [-0.1, -0.05) is 6.42 Å². The SMILES string of the molecule is [2H]C([2H])(Oc1nc(N2CCCC[C@H]3[C@H](F)[C@H]32)c2cnc(-c3cc(N)cc4cc(F)c(F)c(OCF)c34)c(F)c2n1)[C@@]12CCCN1C[C@H](F)C2. The van der Waals surface area contributed by atoms with E-state index in [0.29, 0.717) is 38.8 Å². The number of hydrogen-bond donors (Lipinski definition) is 1. The Balaban J connectivity index is 1.33. The van der Waals surface area contributed by atoms with Crippen LogP contribution < -0.4 is 20.1 Å². The summed E-state index contributed by atoms with van der Waals surface area (Å²) in [7, 11) is 0. The lowest BCUT2D eigenvalue weighted by Gasteiger charge is -2.31. The molecule has 3 aliphatic heterocycles. The highest BCUT2D eigenvalue weighted by Crippen LogP contribution is 2.48. The third kappa shape index (κ3) is 4.89. The molecule has 2 aromatic carbocycles. The van der Waals surface area contributed by atoms with Gasteiger partial charge >= 0.3 is 6.01 Å². The van der Waals surface area contributed by atoms with Gasteiger partial charge in [0, 0.05) is 48.3 Å². The Morgan fingerprint density at radius 2 is 1.89 bits per heavy atom. The van der Waals surface area contributed by atoms with Gasteiger partial charge in [0.2, 0.25) is 12.7 Å². The number of nitrogen functional groups attached to an aromatic ring is 1. The molecule has 2 N–H and O–H groups in total. The standard InChI is InChI=1S/C33H32F6N6O2/c34-15-47-30-23-16(9-22(36)25(30)38)8-18(40)10-20(23)27-26(39)28-21(12-41-27)31(45-7-2-1-4-19-24(37)29(19)45)43-32(42-28)46-14-33-5-3-6-44(33)13-17(35)11-33/h8-10,12,17,19,24,29H,1-7,11,13-15,40H2/t17-,19+,24+,29+,33+/m1/s1/i14D2. The maximum atomic E-state index is 16.9. The van der Waals surface area contributed by atoms with E-state index < -0.39 is 72.2 Å². The first-order valence-corrected chi connectivity index (χ1v) is 15.7. The predicted molar refractivity (Wildman–Crippen MR) is 163 cm³/mol. The maximum Gasteiger partial charge on any atom is 0.319 e. The van der Waals surface area contributed by atoms with Crippen LogP contribution in [0.25, 0.3) is 32.9 Å². The van der Waals surface area contributed by atoms with Gasteiger partial charge < -0.3 is 20.1 Å². The van der Waals surface area contributed by atoms with Crippen LogP contribution in [0.2, 0.25) is 0 Å². The lowest BCUT2D eigenvalue weighted by molar-refractivity contribution is 0.107. The van der Waals surface area contributed by atoms with Crippen LogP contribution in [0.5, 0.6) is 11.8 Å². The summed E-state index contributed by atoms with van der Waals surface area (Å²) in [6.07, 6.45) is 1.83. The number of anilines is 2. The van der Waals surface area contributed by atoms with E-state index in [1.165, 1.54) is 18.3 Å². The molecule has 4 fully saturated rings. The van der Waals surface area contributed by atoms with Crippen LogP contribution in [0, 0.1) is 23.4 Å². The number of nitrogens with two attached hydrogens (primary N) is 1. The van der Waals surface area contributed by atoms with E-state index >= 15 is 8.78 Å². The Morgan fingerprint density at radius 3 is 2.72 bits per heavy atom. The molecule has 248 valence electrons. The van der Waals surface area contributed by atoms with Gasteiger partial charge in [0.05, 0.1) is 19.7 Å². The average Bonchev–Trinajstić information content (AvgIpc) is 3.41. The van der Waals surface area contributed by atoms with E-state index in [1.54, 1.807) is 9.80 Å². The third-order valence-electron chi connectivity index (χ3n) is 9.99. The Labute approximate surface area is 268 Å². The number of alkyl halides is 3. The van der Waals surface area contributed by atoms with Crippen LogP contribution in [0.4, 0.5) is 37.8 Å². The zero-order valence-electron chi connectivity index (χ0n) is 27.1. The first kappa shape index (κ1) is 28.0. The molecule has 5 atom stereocenters. The van der Waals surface area contributed by atoms with Crippen molar-refractivity contribution in [2.45, 2.75) is 62.4 Å². The number of pyridine rings is 1. The van der Waals surface area contributed by atoms with Gasteiger partial charge in [0.25, 0.3) is 0 Å². The van der Waals surface area contributed by atoms with Crippen LogP contribution in [0.3, 0.4) is 0 Å². The van der Waals surface area contributed by atoms with Crippen molar-refractivity contribution < 1.29 is 38.6 Å². The fourth-order valence-electron chi connectivity index (χ4n) is 7.83. The van der Waals surface area contributed by atoms with E-state index in [2.05, 4.69) is 15.0 Å². The largest absolute Gasteiger partial charge is 0.461 e. The predicted octanol–water partition coefficient (Wildman–Crippen LogP) is 6.43. The summed E-state index contributed by atoms with van der Waals surface area (Å²) in [6, 6.07) is 2.26. The highest BCUT2D eigenvalue weighted by atomic mass is 19.2. The monoisotopic (exact) mass is 660 g/mol. The Morgan fingerprint density at radius 1 is 1.04 bits per heavy atom. The minimum Gasteiger partial charge on any atom is -0.461 e. The Kier molecular flexibility index (Phi) is 6.71. The summed E-state index contributed by atoms with van der Waals surface area (Å²) in [6.45, 7) is -3.10. The number of nitrogens with zero attached hydrogens (tertiary/aromatic N) is 5. The lowest BCUT2D eigenvalue weighted by atomic mass is 9.95. The average molecular weight is 661 g/mol. The number of ether oxygens (including phenoxy) is 2. The molecule has 8 nitrogen and oxygen atoms in total. The molecule has 0 spiro atoms. The van der Waals surface area contributed by atoms with Crippen LogP contribution >= 0.6 is 0 Å². The van der Waals surface area contributed by atoms with Crippen LogP contribution in [0.15, 0.2) is 24.4 Å². The number of aromatic nitrogens is 3. The summed E-state index contributed by atoms with van der Waals surface area (Å²) >= 11 is 0. The maximum absolute atomic E-state index is 16.9. The zero-order valence-corrected chi connectivity index (χ0v) is 25.1. The van der Waals surface area contributed by atoms with Crippen LogP contribution in [-0.4, -0.2) is 76.8 Å². The van der Waals surface area contributed by atoms with Gasteiger partial charge in [0.15, 0.2) is 17.4 Å². The molecule has 0 bridgehead atoms. The minimum atomic E-state index is -2.50. The number of fused-ring (bicyclic) bond motifs is 4. The molecule has 0 amide bonds.